The highest BCUT2D eigenvalue weighted by molar-refractivity contribution is 6.31. The molecule has 0 bridgehead atoms. The van der Waals surface area contributed by atoms with Gasteiger partial charge in [0.15, 0.2) is 0 Å². The lowest BCUT2D eigenvalue weighted by atomic mass is 9.85. The monoisotopic (exact) mass is 299 g/mol. The van der Waals surface area contributed by atoms with Crippen molar-refractivity contribution in [3.63, 3.8) is 0 Å². The van der Waals surface area contributed by atoms with E-state index >= 15 is 0 Å². The Hall–Kier alpha value is -0.580. The van der Waals surface area contributed by atoms with Crippen molar-refractivity contribution in [3.8, 4) is 0 Å². The van der Waals surface area contributed by atoms with E-state index in [-0.39, 0.29) is 12.1 Å². The minimum absolute atomic E-state index is 0.0813. The molecule has 0 spiro atoms. The van der Waals surface area contributed by atoms with Crippen LogP contribution in [0.5, 0.6) is 0 Å². The van der Waals surface area contributed by atoms with Gasteiger partial charge in [0.05, 0.1) is 17.3 Å². The fourth-order valence-electron chi connectivity index (χ4n) is 3.33. The summed E-state index contributed by atoms with van der Waals surface area (Å²) in [6.45, 7) is 6.17. The third-order valence-corrected chi connectivity index (χ3v) is 4.93. The van der Waals surface area contributed by atoms with Crippen LogP contribution < -0.4 is 5.32 Å². The first kappa shape index (κ1) is 15.8. The Labute approximate surface area is 126 Å². The predicted molar refractivity (Wildman–Crippen MR) is 82.0 cm³/mol. The molecule has 2 atom stereocenters. The molecule has 0 saturated heterocycles. The van der Waals surface area contributed by atoms with Crippen molar-refractivity contribution in [3.05, 3.63) is 16.9 Å². The average molecular weight is 300 g/mol. The van der Waals surface area contributed by atoms with Gasteiger partial charge in [0.1, 0.15) is 0 Å². The maximum Gasteiger partial charge on any atom is 0.0814 e. The molecule has 114 valence electrons. The molecular formula is C15H26ClN3O. The van der Waals surface area contributed by atoms with Gasteiger partial charge in [-0.05, 0) is 45.1 Å². The Morgan fingerprint density at radius 1 is 1.60 bits per heavy atom. The number of aliphatic hydroxyl groups excluding tert-OH is 1. The summed E-state index contributed by atoms with van der Waals surface area (Å²) in [6.07, 6.45) is 7.49. The fraction of sp³-hybridized carbons (Fsp3) is 0.800. The van der Waals surface area contributed by atoms with E-state index in [2.05, 4.69) is 17.3 Å². The quantitative estimate of drug-likeness (QED) is 0.814. The van der Waals surface area contributed by atoms with E-state index in [0.717, 1.165) is 43.1 Å². The van der Waals surface area contributed by atoms with Gasteiger partial charge in [0, 0.05) is 18.3 Å². The standard InChI is InChI=1S/C15H26ClN3O/c1-3-8-17-15(11-20)7-4-5-13(15)6-9-19-10-14(16)12(2)18-19/h10,13,17,20H,3-9,11H2,1-2H3. The Bertz CT molecular complexity index is 415. The lowest BCUT2D eigenvalue weighted by molar-refractivity contribution is 0.116. The first-order chi connectivity index (χ1) is 9.61. The first-order valence-corrected chi connectivity index (χ1v) is 8.04. The van der Waals surface area contributed by atoms with Crippen LogP contribution in [0.25, 0.3) is 0 Å². The fourth-order valence-corrected chi connectivity index (χ4v) is 3.48. The zero-order valence-corrected chi connectivity index (χ0v) is 13.3. The Balaban J connectivity index is 1.96. The molecule has 1 aliphatic rings. The first-order valence-electron chi connectivity index (χ1n) is 7.66. The largest absolute Gasteiger partial charge is 0.394 e. The summed E-state index contributed by atoms with van der Waals surface area (Å²) in [6, 6.07) is 0. The summed E-state index contributed by atoms with van der Waals surface area (Å²) < 4.78 is 1.93. The number of aliphatic hydroxyl groups is 1. The normalized spacial score (nSPS) is 26.3. The van der Waals surface area contributed by atoms with E-state index in [1.165, 1.54) is 12.8 Å². The van der Waals surface area contributed by atoms with Gasteiger partial charge in [-0.1, -0.05) is 24.9 Å². The molecule has 1 saturated carbocycles. The molecule has 0 amide bonds. The molecule has 5 heteroatoms. The Morgan fingerprint density at radius 2 is 2.40 bits per heavy atom. The van der Waals surface area contributed by atoms with Crippen molar-refractivity contribution < 1.29 is 5.11 Å². The lowest BCUT2D eigenvalue weighted by Gasteiger charge is -2.35. The number of rotatable bonds is 7. The Morgan fingerprint density at radius 3 is 3.00 bits per heavy atom. The van der Waals surface area contributed by atoms with E-state index in [1.807, 2.05) is 17.8 Å². The van der Waals surface area contributed by atoms with Crippen molar-refractivity contribution in [1.29, 1.82) is 0 Å². The third kappa shape index (κ3) is 3.35. The summed E-state index contributed by atoms with van der Waals surface area (Å²) in [5.41, 5.74) is 0.803. The zero-order valence-electron chi connectivity index (χ0n) is 12.5. The summed E-state index contributed by atoms with van der Waals surface area (Å²) in [5.74, 6) is 0.516. The van der Waals surface area contributed by atoms with Crippen LogP contribution in [0.1, 0.15) is 44.7 Å². The van der Waals surface area contributed by atoms with E-state index in [4.69, 9.17) is 11.6 Å². The molecule has 1 aromatic heterocycles. The van der Waals surface area contributed by atoms with E-state index in [9.17, 15) is 5.11 Å². The smallest absolute Gasteiger partial charge is 0.0814 e. The highest BCUT2D eigenvalue weighted by atomic mass is 35.5. The number of hydrogen-bond donors (Lipinski definition) is 2. The minimum Gasteiger partial charge on any atom is -0.394 e. The number of nitrogens with one attached hydrogen (secondary N) is 1. The zero-order chi connectivity index (χ0) is 14.6. The van der Waals surface area contributed by atoms with E-state index in [1.54, 1.807) is 0 Å². The number of nitrogens with zero attached hydrogens (tertiary/aromatic N) is 2. The van der Waals surface area contributed by atoms with Gasteiger partial charge in [-0.3, -0.25) is 4.68 Å². The maximum atomic E-state index is 9.85. The van der Waals surface area contributed by atoms with Gasteiger partial charge in [0.2, 0.25) is 0 Å². The maximum absolute atomic E-state index is 9.85. The van der Waals surface area contributed by atoms with Crippen LogP contribution in [-0.2, 0) is 6.54 Å². The van der Waals surface area contributed by atoms with Crippen LogP contribution in [0.2, 0.25) is 5.02 Å². The molecule has 2 N–H and O–H groups in total. The van der Waals surface area contributed by atoms with Crippen molar-refractivity contribution in [2.75, 3.05) is 13.2 Å². The lowest BCUT2D eigenvalue weighted by Crippen LogP contribution is -2.51. The molecule has 1 fully saturated rings. The highest BCUT2D eigenvalue weighted by Gasteiger charge is 2.41. The molecule has 4 nitrogen and oxygen atoms in total. The summed E-state index contributed by atoms with van der Waals surface area (Å²) in [7, 11) is 0. The summed E-state index contributed by atoms with van der Waals surface area (Å²) in [5, 5.41) is 18.6. The van der Waals surface area contributed by atoms with Gasteiger partial charge >= 0.3 is 0 Å². The number of halogens is 1. The van der Waals surface area contributed by atoms with Crippen LogP contribution in [0.3, 0.4) is 0 Å². The summed E-state index contributed by atoms with van der Waals surface area (Å²) in [4.78, 5) is 0. The molecule has 1 aliphatic carbocycles. The molecule has 2 unspecified atom stereocenters. The molecule has 1 aromatic rings. The second-order valence-electron chi connectivity index (χ2n) is 5.94. The average Bonchev–Trinajstić information content (AvgIpc) is 2.99. The molecule has 2 rings (SSSR count). The number of aromatic nitrogens is 2. The van der Waals surface area contributed by atoms with Gasteiger partial charge in [-0.25, -0.2) is 0 Å². The van der Waals surface area contributed by atoms with E-state index < -0.39 is 0 Å². The van der Waals surface area contributed by atoms with Crippen molar-refractivity contribution >= 4 is 11.6 Å². The molecule has 0 aromatic carbocycles. The number of aryl methyl sites for hydroxylation is 2. The molecule has 0 radical (unpaired) electrons. The second kappa shape index (κ2) is 6.92. The minimum atomic E-state index is -0.0813. The van der Waals surface area contributed by atoms with Crippen LogP contribution in [0.15, 0.2) is 6.20 Å². The van der Waals surface area contributed by atoms with Crippen LogP contribution >= 0.6 is 11.6 Å². The Kier molecular flexibility index (Phi) is 5.47. The summed E-state index contributed by atoms with van der Waals surface area (Å²) >= 11 is 6.04. The van der Waals surface area contributed by atoms with Gasteiger partial charge in [-0.2, -0.15) is 5.10 Å². The van der Waals surface area contributed by atoms with Gasteiger partial charge < -0.3 is 10.4 Å². The third-order valence-electron chi connectivity index (χ3n) is 4.56. The molecule has 0 aliphatic heterocycles. The molecular weight excluding hydrogens is 274 g/mol. The molecule has 20 heavy (non-hydrogen) atoms. The van der Waals surface area contributed by atoms with Crippen molar-refractivity contribution in [2.45, 2.75) is 58.0 Å². The van der Waals surface area contributed by atoms with Crippen LogP contribution in [-0.4, -0.2) is 33.6 Å². The second-order valence-corrected chi connectivity index (χ2v) is 6.35. The predicted octanol–water partition coefficient (Wildman–Crippen LogP) is 2.77. The number of hydrogen-bond acceptors (Lipinski definition) is 3. The van der Waals surface area contributed by atoms with Gasteiger partial charge in [0.25, 0.3) is 0 Å². The van der Waals surface area contributed by atoms with Crippen molar-refractivity contribution in [1.82, 2.24) is 15.1 Å². The highest BCUT2D eigenvalue weighted by Crippen LogP contribution is 2.38. The van der Waals surface area contributed by atoms with Crippen molar-refractivity contribution in [2.24, 2.45) is 5.92 Å². The topological polar surface area (TPSA) is 50.1 Å². The van der Waals surface area contributed by atoms with Crippen LogP contribution in [0, 0.1) is 12.8 Å². The van der Waals surface area contributed by atoms with Crippen LogP contribution in [0.4, 0.5) is 0 Å². The van der Waals surface area contributed by atoms with E-state index in [0.29, 0.717) is 5.92 Å². The SMILES string of the molecule is CCCNC1(CO)CCCC1CCn1cc(Cl)c(C)n1. The van der Waals surface area contributed by atoms with Gasteiger partial charge in [-0.15, -0.1) is 0 Å². The molecule has 1 heterocycles.